The Morgan fingerprint density at radius 2 is 1.59 bits per heavy atom. The van der Waals surface area contributed by atoms with Crippen LogP contribution in [0.5, 0.6) is 0 Å². The lowest BCUT2D eigenvalue weighted by Gasteiger charge is -2.39. The number of nitrogens with one attached hydrogen (secondary N) is 2. The highest BCUT2D eigenvalue weighted by molar-refractivity contribution is 6.30. The Kier molecular flexibility index (Phi) is 7.89. The Hall–Kier alpha value is -3.19. The van der Waals surface area contributed by atoms with Crippen molar-refractivity contribution in [3.05, 3.63) is 106 Å². The zero-order valence-electron chi connectivity index (χ0n) is 20.6. The zero-order chi connectivity index (χ0) is 25.8. The van der Waals surface area contributed by atoms with Gasteiger partial charge in [-0.1, -0.05) is 66.2 Å². The molecule has 37 heavy (non-hydrogen) atoms. The molecule has 3 aromatic rings. The lowest BCUT2D eigenvalue weighted by atomic mass is 9.96. The number of aliphatic hydroxyl groups excluding tert-OH is 1. The molecule has 6 nitrogen and oxygen atoms in total. The smallest absolute Gasteiger partial charge is 0.251 e. The topological polar surface area (TPSA) is 81.7 Å². The van der Waals surface area contributed by atoms with E-state index in [-0.39, 0.29) is 24.4 Å². The molecule has 2 aliphatic rings. The number of fused-ring (bicyclic) bond motifs is 2. The number of piperidine rings is 1. The molecule has 0 radical (unpaired) electrons. The molecule has 3 aromatic carbocycles. The summed E-state index contributed by atoms with van der Waals surface area (Å²) < 4.78 is 0. The predicted octanol–water partition coefficient (Wildman–Crippen LogP) is 4.46. The Morgan fingerprint density at radius 1 is 0.919 bits per heavy atom. The maximum Gasteiger partial charge on any atom is 0.251 e. The first-order chi connectivity index (χ1) is 18.0. The lowest BCUT2D eigenvalue weighted by Crippen LogP contribution is -2.51. The Labute approximate surface area is 222 Å². The number of rotatable bonds is 8. The van der Waals surface area contributed by atoms with Crippen LogP contribution < -0.4 is 10.6 Å². The van der Waals surface area contributed by atoms with Gasteiger partial charge in [0, 0.05) is 35.3 Å². The number of benzene rings is 3. The fraction of sp³-hybridized carbons (Fsp3) is 0.333. The van der Waals surface area contributed by atoms with E-state index in [2.05, 4.69) is 27.7 Å². The van der Waals surface area contributed by atoms with E-state index < -0.39 is 6.10 Å². The number of halogens is 1. The largest absolute Gasteiger partial charge is 0.384 e. The molecule has 0 aromatic heterocycles. The summed E-state index contributed by atoms with van der Waals surface area (Å²) in [7, 11) is 0. The van der Waals surface area contributed by atoms with Crippen LogP contribution in [0.4, 0.5) is 0 Å². The number of nitrogens with zero attached hydrogens (tertiary/aromatic N) is 1. The second-order valence-corrected chi connectivity index (χ2v) is 10.5. The summed E-state index contributed by atoms with van der Waals surface area (Å²) in [4.78, 5) is 27.9. The average Bonchev–Trinajstić information content (AvgIpc) is 3.15. The van der Waals surface area contributed by atoms with Gasteiger partial charge in [-0.05, 0) is 66.6 Å². The van der Waals surface area contributed by atoms with Crippen LogP contribution in [0.25, 0.3) is 0 Å². The number of carbonyl (C=O) groups excluding carboxylic acids is 2. The molecular weight excluding hydrogens is 486 g/mol. The van der Waals surface area contributed by atoms with Gasteiger partial charge in [-0.25, -0.2) is 0 Å². The van der Waals surface area contributed by atoms with Crippen LogP contribution in [-0.2, 0) is 11.3 Å². The summed E-state index contributed by atoms with van der Waals surface area (Å²) in [6, 6.07) is 25.2. The van der Waals surface area contributed by atoms with E-state index in [1.807, 2.05) is 42.5 Å². The Bertz CT molecular complexity index is 1220. The van der Waals surface area contributed by atoms with Gasteiger partial charge < -0.3 is 15.7 Å². The molecule has 2 saturated heterocycles. The number of hydrogen-bond acceptors (Lipinski definition) is 4. The van der Waals surface area contributed by atoms with Crippen LogP contribution in [0.15, 0.2) is 78.9 Å². The fourth-order valence-electron chi connectivity index (χ4n) is 5.67. The zero-order valence-corrected chi connectivity index (χ0v) is 21.4. The summed E-state index contributed by atoms with van der Waals surface area (Å²) in [6.07, 6.45) is 3.31. The minimum Gasteiger partial charge on any atom is -0.384 e. The van der Waals surface area contributed by atoms with Gasteiger partial charge in [0.05, 0.1) is 6.54 Å². The number of amides is 2. The second-order valence-electron chi connectivity index (χ2n) is 10.0. The maximum atomic E-state index is 12.7. The normalized spacial score (nSPS) is 21.8. The van der Waals surface area contributed by atoms with E-state index in [0.29, 0.717) is 23.2 Å². The molecular formula is C30H32ClN3O3. The van der Waals surface area contributed by atoms with E-state index in [1.54, 1.807) is 24.3 Å². The van der Waals surface area contributed by atoms with E-state index in [9.17, 15) is 14.7 Å². The van der Waals surface area contributed by atoms with Crippen molar-refractivity contribution in [2.75, 3.05) is 6.54 Å². The molecule has 7 heteroatoms. The number of aliphatic hydroxyl groups is 1. The lowest BCUT2D eigenvalue weighted by molar-refractivity contribution is -0.121. The quantitative estimate of drug-likeness (QED) is 0.412. The third-order valence-electron chi connectivity index (χ3n) is 7.52. The van der Waals surface area contributed by atoms with Crippen LogP contribution in [0.1, 0.15) is 58.8 Å². The van der Waals surface area contributed by atoms with E-state index in [0.717, 1.165) is 42.8 Å². The van der Waals surface area contributed by atoms with E-state index >= 15 is 0 Å². The highest BCUT2D eigenvalue weighted by Gasteiger charge is 2.40. The first kappa shape index (κ1) is 25.5. The van der Waals surface area contributed by atoms with E-state index in [4.69, 9.17) is 11.6 Å². The van der Waals surface area contributed by atoms with Crippen molar-refractivity contribution in [2.45, 2.75) is 56.5 Å². The van der Waals surface area contributed by atoms with Crippen molar-refractivity contribution in [1.29, 1.82) is 0 Å². The number of carbonyl (C=O) groups is 2. The first-order valence-corrected chi connectivity index (χ1v) is 13.2. The third kappa shape index (κ3) is 6.21. The highest BCUT2D eigenvalue weighted by Crippen LogP contribution is 2.37. The maximum absolute atomic E-state index is 12.7. The van der Waals surface area contributed by atoms with Gasteiger partial charge in [-0.2, -0.15) is 0 Å². The van der Waals surface area contributed by atoms with Gasteiger partial charge in [0.25, 0.3) is 5.91 Å². The molecule has 4 atom stereocenters. The van der Waals surface area contributed by atoms with Gasteiger partial charge in [0.15, 0.2) is 0 Å². The molecule has 0 saturated carbocycles. The van der Waals surface area contributed by atoms with Crippen molar-refractivity contribution in [1.82, 2.24) is 15.5 Å². The molecule has 192 valence electrons. The second kappa shape index (κ2) is 11.5. The van der Waals surface area contributed by atoms with Crippen molar-refractivity contribution >= 4 is 23.4 Å². The van der Waals surface area contributed by atoms with Gasteiger partial charge in [0.2, 0.25) is 5.91 Å². The van der Waals surface area contributed by atoms with Gasteiger partial charge in [-0.15, -0.1) is 0 Å². The summed E-state index contributed by atoms with van der Waals surface area (Å²) in [5, 5.41) is 17.3. The summed E-state index contributed by atoms with van der Waals surface area (Å²) in [5.41, 5.74) is 3.05. The van der Waals surface area contributed by atoms with Crippen molar-refractivity contribution < 1.29 is 14.7 Å². The monoisotopic (exact) mass is 517 g/mol. The van der Waals surface area contributed by atoms with Crippen molar-refractivity contribution in [3.8, 4) is 0 Å². The van der Waals surface area contributed by atoms with Crippen LogP contribution >= 0.6 is 11.6 Å². The number of hydrogen-bond donors (Lipinski definition) is 3. The van der Waals surface area contributed by atoms with Crippen LogP contribution in [0.2, 0.25) is 5.02 Å². The highest BCUT2D eigenvalue weighted by atomic mass is 35.5. The van der Waals surface area contributed by atoms with E-state index in [1.165, 1.54) is 5.56 Å². The van der Waals surface area contributed by atoms with Crippen LogP contribution in [0.3, 0.4) is 0 Å². The molecule has 0 spiro atoms. The molecule has 2 fully saturated rings. The summed E-state index contributed by atoms with van der Waals surface area (Å²) in [5.74, 6) is -0.514. The minimum atomic E-state index is -0.821. The van der Waals surface area contributed by atoms with Crippen LogP contribution in [0, 0.1) is 0 Å². The summed E-state index contributed by atoms with van der Waals surface area (Å²) in [6.45, 7) is 0.825. The van der Waals surface area contributed by atoms with Crippen molar-refractivity contribution in [2.24, 2.45) is 0 Å². The molecule has 2 bridgehead atoms. The summed E-state index contributed by atoms with van der Waals surface area (Å²) >= 11 is 6.02. The molecule has 3 N–H and O–H groups in total. The Balaban J connectivity index is 1.11. The Morgan fingerprint density at radius 3 is 2.30 bits per heavy atom. The molecule has 1 unspecified atom stereocenters. The molecule has 0 aliphatic carbocycles. The third-order valence-corrected chi connectivity index (χ3v) is 7.77. The first-order valence-electron chi connectivity index (χ1n) is 12.9. The molecule has 2 amide bonds. The SMILES string of the molecule is O=C(CNC(=O)c1cccc(C(O)c2ccccc2)c1)N[C@H]1C[C@H]2CC[C@@H](C1)N2Cc1ccc(Cl)cc1. The van der Waals surface area contributed by atoms with Crippen molar-refractivity contribution in [3.63, 3.8) is 0 Å². The fourth-order valence-corrected chi connectivity index (χ4v) is 5.80. The van der Waals surface area contributed by atoms with Gasteiger partial charge in [0.1, 0.15) is 6.10 Å². The predicted molar refractivity (Wildman–Crippen MR) is 144 cm³/mol. The van der Waals surface area contributed by atoms with Gasteiger partial charge in [-0.3, -0.25) is 14.5 Å². The molecule has 2 heterocycles. The van der Waals surface area contributed by atoms with Gasteiger partial charge >= 0.3 is 0 Å². The molecule has 2 aliphatic heterocycles. The average molecular weight is 518 g/mol. The van der Waals surface area contributed by atoms with Crippen LogP contribution in [-0.4, -0.2) is 46.5 Å². The standard InChI is InChI=1S/C30H32ClN3O3/c31-24-11-9-20(10-12-24)19-34-26-13-14-27(34)17-25(16-26)33-28(35)18-32-30(37)23-8-4-7-22(15-23)29(36)21-5-2-1-3-6-21/h1-12,15,25-27,29,36H,13-14,16-19H2,(H,32,37)(H,33,35)/t25-,26+,27-,29?. The minimum absolute atomic E-state index is 0.0787. The molecule has 5 rings (SSSR count).